The van der Waals surface area contributed by atoms with Gasteiger partial charge in [0.05, 0.1) is 7.11 Å². The van der Waals surface area contributed by atoms with Gasteiger partial charge in [0.2, 0.25) is 0 Å². The summed E-state index contributed by atoms with van der Waals surface area (Å²) in [7, 11) is -4.71. The SMILES string of the molecule is CC1=C(C)C[Si]([Si](C)(C)C)([Si](C)(C)C)C(c2ccccc2)(c2ccccc2C)C1. The molecule has 0 aliphatic carbocycles. The van der Waals surface area contributed by atoms with E-state index in [1.165, 1.54) is 18.0 Å². The summed E-state index contributed by atoms with van der Waals surface area (Å²) in [6, 6.07) is 22.4. The first-order valence-corrected chi connectivity index (χ1v) is 22.4. The Labute approximate surface area is 182 Å². The van der Waals surface area contributed by atoms with E-state index in [0.29, 0.717) is 0 Å². The van der Waals surface area contributed by atoms with E-state index >= 15 is 0 Å². The lowest BCUT2D eigenvalue weighted by Gasteiger charge is -2.64. The fourth-order valence-electron chi connectivity index (χ4n) is 6.94. The summed E-state index contributed by atoms with van der Waals surface area (Å²) >= 11 is 0. The van der Waals surface area contributed by atoms with Crippen LogP contribution in [0, 0.1) is 6.92 Å². The van der Waals surface area contributed by atoms with E-state index in [1.807, 2.05) is 0 Å². The van der Waals surface area contributed by atoms with E-state index in [1.54, 1.807) is 22.3 Å². The predicted octanol–water partition coefficient (Wildman–Crippen LogP) is 7.84. The Bertz CT molecular complexity index is 899. The molecule has 0 amide bonds. The first-order valence-electron chi connectivity index (χ1n) is 11.2. The Kier molecular flexibility index (Phi) is 5.83. The normalized spacial score (nSPS) is 22.7. The lowest BCUT2D eigenvalue weighted by atomic mass is 9.81. The van der Waals surface area contributed by atoms with Gasteiger partial charge in [-0.3, -0.25) is 0 Å². The molecule has 0 aromatic heterocycles. The van der Waals surface area contributed by atoms with Gasteiger partial charge in [-0.25, -0.2) is 0 Å². The highest BCUT2D eigenvalue weighted by Crippen LogP contribution is 2.58. The van der Waals surface area contributed by atoms with Gasteiger partial charge in [-0.15, -0.1) is 0 Å². The molecule has 0 saturated carbocycles. The van der Waals surface area contributed by atoms with Crippen molar-refractivity contribution in [1.29, 1.82) is 0 Å². The number of benzene rings is 2. The van der Waals surface area contributed by atoms with E-state index in [-0.39, 0.29) is 5.04 Å². The lowest BCUT2D eigenvalue weighted by molar-refractivity contribution is 0.661. The standard InChI is InChI=1S/C26H40Si3/c1-21-15-13-14-18-25(21)26(24-16-11-10-12-17-24)19-22(2)23(3)20-29(26,27(4,5)6)28(7,8)9/h10-18H,19-20H2,1-9H3. The molecule has 2 aromatic carbocycles. The zero-order valence-corrected chi connectivity index (χ0v) is 23.1. The van der Waals surface area contributed by atoms with Crippen LogP contribution >= 0.6 is 0 Å². The third kappa shape index (κ3) is 3.30. The number of rotatable bonds is 4. The fraction of sp³-hybridized carbons (Fsp3) is 0.462. The number of hydrogen-bond donors (Lipinski definition) is 0. The molecule has 1 aliphatic rings. The largest absolute Gasteiger partial charge is 0.0774 e. The highest BCUT2D eigenvalue weighted by Gasteiger charge is 2.68. The maximum Gasteiger partial charge on any atom is 0.0631 e. The zero-order valence-electron chi connectivity index (χ0n) is 20.1. The summed E-state index contributed by atoms with van der Waals surface area (Å²) < 4.78 is 0. The van der Waals surface area contributed by atoms with Crippen LogP contribution in [0.1, 0.15) is 37.0 Å². The quantitative estimate of drug-likeness (QED) is 0.338. The molecular weight excluding hydrogens is 397 g/mol. The minimum atomic E-state index is -1.76. The van der Waals surface area contributed by atoms with Crippen LogP contribution < -0.4 is 0 Å². The molecule has 1 unspecified atom stereocenters. The van der Waals surface area contributed by atoms with Gasteiger partial charge in [0, 0.05) is 20.2 Å². The average Bonchev–Trinajstić information content (AvgIpc) is 2.63. The van der Waals surface area contributed by atoms with Crippen molar-refractivity contribution < 1.29 is 0 Å². The van der Waals surface area contributed by atoms with E-state index in [0.717, 1.165) is 0 Å². The Balaban J connectivity index is 2.58. The summed E-state index contributed by atoms with van der Waals surface area (Å²) in [5.74, 6) is 0. The van der Waals surface area contributed by atoms with Gasteiger partial charge in [0.1, 0.15) is 0 Å². The van der Waals surface area contributed by atoms with Gasteiger partial charge < -0.3 is 0 Å². The molecule has 156 valence electrons. The molecule has 1 aliphatic heterocycles. The van der Waals surface area contributed by atoms with Gasteiger partial charge in [0.15, 0.2) is 0 Å². The third-order valence-corrected chi connectivity index (χ3v) is 48.8. The molecule has 0 nitrogen and oxygen atoms in total. The third-order valence-electron chi connectivity index (χ3n) is 7.95. The molecule has 2 aromatic rings. The Hall–Kier alpha value is -1.17. The van der Waals surface area contributed by atoms with Gasteiger partial charge in [-0.2, -0.15) is 0 Å². The van der Waals surface area contributed by atoms with E-state index in [4.69, 9.17) is 0 Å². The van der Waals surface area contributed by atoms with Crippen LogP contribution in [0.2, 0.25) is 45.3 Å². The van der Waals surface area contributed by atoms with E-state index in [9.17, 15) is 0 Å². The zero-order chi connectivity index (χ0) is 21.7. The Morgan fingerprint density at radius 3 is 1.72 bits per heavy atom. The van der Waals surface area contributed by atoms with Crippen molar-refractivity contribution in [2.24, 2.45) is 0 Å². The van der Waals surface area contributed by atoms with Crippen LogP contribution in [0.25, 0.3) is 0 Å². The molecule has 0 radical (unpaired) electrons. The predicted molar refractivity (Wildman–Crippen MR) is 139 cm³/mol. The smallest absolute Gasteiger partial charge is 0.0631 e. The van der Waals surface area contributed by atoms with Crippen LogP contribution in [0.15, 0.2) is 65.7 Å². The molecule has 3 rings (SSSR count). The Morgan fingerprint density at radius 1 is 0.690 bits per heavy atom. The Morgan fingerprint density at radius 2 is 1.21 bits per heavy atom. The van der Waals surface area contributed by atoms with Crippen molar-refractivity contribution in [2.45, 2.75) is 77.6 Å². The first-order chi connectivity index (χ1) is 13.4. The van der Waals surface area contributed by atoms with Crippen LogP contribution in [0.3, 0.4) is 0 Å². The van der Waals surface area contributed by atoms with Crippen molar-refractivity contribution in [3.05, 3.63) is 82.4 Å². The fourth-order valence-corrected chi connectivity index (χ4v) is 57.8. The van der Waals surface area contributed by atoms with Crippen molar-refractivity contribution in [3.63, 3.8) is 0 Å². The molecule has 0 N–H and O–H groups in total. The van der Waals surface area contributed by atoms with Crippen LogP contribution in [0.4, 0.5) is 0 Å². The second-order valence-electron chi connectivity index (χ2n) is 11.4. The van der Waals surface area contributed by atoms with Gasteiger partial charge in [0.25, 0.3) is 0 Å². The van der Waals surface area contributed by atoms with Crippen molar-refractivity contribution in [2.75, 3.05) is 0 Å². The van der Waals surface area contributed by atoms with Crippen molar-refractivity contribution in [1.82, 2.24) is 0 Å². The summed E-state index contributed by atoms with van der Waals surface area (Å²) in [6.45, 7) is 23.5. The molecule has 1 heterocycles. The molecule has 3 heteroatoms. The molecular formula is C26H40Si3. The molecule has 0 spiro atoms. The lowest BCUT2D eigenvalue weighted by Crippen LogP contribution is -2.82. The molecule has 0 saturated heterocycles. The van der Waals surface area contributed by atoms with Crippen molar-refractivity contribution in [3.8, 4) is 0 Å². The van der Waals surface area contributed by atoms with Gasteiger partial charge in [-0.05, 0) is 49.9 Å². The van der Waals surface area contributed by atoms with Crippen LogP contribution in [-0.4, -0.2) is 22.3 Å². The molecule has 0 bridgehead atoms. The summed E-state index contributed by atoms with van der Waals surface area (Å²) in [5, 5.41) is 0.193. The highest BCUT2D eigenvalue weighted by molar-refractivity contribution is 7.69. The maximum absolute atomic E-state index is 2.71. The first kappa shape index (κ1) is 22.5. The maximum atomic E-state index is 2.71. The van der Waals surface area contributed by atoms with E-state index in [2.05, 4.69) is 115 Å². The summed E-state index contributed by atoms with van der Waals surface area (Å²) in [6.07, 6.45) is 1.22. The highest BCUT2D eigenvalue weighted by atomic mass is 29.6. The average molecular weight is 437 g/mol. The number of hydrogen-bond acceptors (Lipinski definition) is 0. The summed E-state index contributed by atoms with van der Waals surface area (Å²) in [5.41, 5.74) is 8.06. The second kappa shape index (κ2) is 7.51. The van der Waals surface area contributed by atoms with Crippen LogP contribution in [0.5, 0.6) is 0 Å². The van der Waals surface area contributed by atoms with Gasteiger partial charge in [-0.1, -0.05) is 105 Å². The van der Waals surface area contributed by atoms with Gasteiger partial charge >= 0.3 is 0 Å². The summed E-state index contributed by atoms with van der Waals surface area (Å²) in [4.78, 5) is 0. The number of allylic oxidation sites excluding steroid dienone is 2. The molecule has 1 atom stereocenters. The van der Waals surface area contributed by atoms with Crippen LogP contribution in [-0.2, 0) is 5.04 Å². The minimum absolute atomic E-state index is 0.193. The monoisotopic (exact) mass is 436 g/mol. The number of aryl methyl sites for hydroxylation is 1. The molecule has 29 heavy (non-hydrogen) atoms. The minimum Gasteiger partial charge on any atom is -0.0774 e. The topological polar surface area (TPSA) is 0 Å². The van der Waals surface area contributed by atoms with E-state index < -0.39 is 22.3 Å². The second-order valence-corrected chi connectivity index (χ2v) is 39.0. The van der Waals surface area contributed by atoms with Crippen molar-refractivity contribution >= 4 is 22.3 Å². The molecule has 0 fully saturated rings.